The van der Waals surface area contributed by atoms with E-state index in [2.05, 4.69) is 51.3 Å². The van der Waals surface area contributed by atoms with Gasteiger partial charge in [-0.3, -0.25) is 4.79 Å². The van der Waals surface area contributed by atoms with E-state index >= 15 is 0 Å². The summed E-state index contributed by atoms with van der Waals surface area (Å²) in [5.74, 6) is 3.68. The zero-order valence-corrected chi connectivity index (χ0v) is 18.6. The summed E-state index contributed by atoms with van der Waals surface area (Å²) in [5.41, 5.74) is 0. The van der Waals surface area contributed by atoms with E-state index in [4.69, 9.17) is 0 Å². The van der Waals surface area contributed by atoms with E-state index in [0.717, 1.165) is 56.1 Å². The third-order valence-electron chi connectivity index (χ3n) is 5.87. The summed E-state index contributed by atoms with van der Waals surface area (Å²) in [6.45, 7) is 19.1. The molecule has 1 unspecified atom stereocenters. The predicted octanol–water partition coefficient (Wildman–Crippen LogP) is 5.45. The molecule has 3 nitrogen and oxygen atoms in total. The highest BCUT2D eigenvalue weighted by Crippen LogP contribution is 2.25. The Kier molecular flexibility index (Phi) is 11.5. The fourth-order valence-electron chi connectivity index (χ4n) is 4.40. The van der Waals surface area contributed by atoms with Crippen molar-refractivity contribution in [2.24, 2.45) is 23.7 Å². The molecule has 0 radical (unpaired) electrons. The average molecular weight is 367 g/mol. The van der Waals surface area contributed by atoms with Gasteiger partial charge in [-0.2, -0.15) is 0 Å². The number of hydrogen-bond donors (Lipinski definition) is 0. The molecular weight excluding hydrogens is 320 g/mol. The van der Waals surface area contributed by atoms with Crippen LogP contribution in [0.3, 0.4) is 0 Å². The molecular formula is C23H46N2O. The molecule has 3 heteroatoms. The van der Waals surface area contributed by atoms with Gasteiger partial charge in [-0.25, -0.2) is 0 Å². The lowest BCUT2D eigenvalue weighted by Crippen LogP contribution is -2.39. The minimum absolute atomic E-state index is 0.394. The third kappa shape index (κ3) is 8.88. The molecule has 2 saturated heterocycles. The maximum Gasteiger partial charge on any atom is 0.222 e. The van der Waals surface area contributed by atoms with Crippen molar-refractivity contribution < 1.29 is 4.79 Å². The molecule has 1 amide bonds. The Hall–Kier alpha value is -0.570. The summed E-state index contributed by atoms with van der Waals surface area (Å²) in [6, 6.07) is 0. The van der Waals surface area contributed by atoms with E-state index < -0.39 is 0 Å². The van der Waals surface area contributed by atoms with Gasteiger partial charge in [-0.15, -0.1) is 0 Å². The fraction of sp³-hybridized carbons (Fsp3) is 0.957. The van der Waals surface area contributed by atoms with Gasteiger partial charge in [0.05, 0.1) is 0 Å². The number of carbonyl (C=O) groups is 1. The third-order valence-corrected chi connectivity index (χ3v) is 5.87. The van der Waals surface area contributed by atoms with Crippen molar-refractivity contribution in [3.05, 3.63) is 0 Å². The van der Waals surface area contributed by atoms with Crippen LogP contribution in [0, 0.1) is 23.7 Å². The second kappa shape index (κ2) is 12.8. The van der Waals surface area contributed by atoms with Gasteiger partial charge in [-0.05, 0) is 68.9 Å². The number of carbonyl (C=O) groups excluding carboxylic acids is 1. The van der Waals surface area contributed by atoms with Crippen LogP contribution in [0.5, 0.6) is 0 Å². The molecule has 2 fully saturated rings. The molecule has 0 aliphatic carbocycles. The Bertz CT molecular complexity index is 372. The highest BCUT2D eigenvalue weighted by Gasteiger charge is 2.25. The van der Waals surface area contributed by atoms with Gasteiger partial charge in [-0.1, -0.05) is 48.0 Å². The minimum Gasteiger partial charge on any atom is -0.343 e. The number of amides is 1. The first-order chi connectivity index (χ1) is 12.4. The Morgan fingerprint density at radius 1 is 1.00 bits per heavy atom. The molecule has 1 atom stereocenters. The number of nitrogens with zero attached hydrogens (tertiary/aromatic N) is 2. The van der Waals surface area contributed by atoms with Gasteiger partial charge >= 0.3 is 0 Å². The highest BCUT2D eigenvalue weighted by atomic mass is 16.2. The van der Waals surface area contributed by atoms with Gasteiger partial charge in [0.1, 0.15) is 0 Å². The molecule has 0 saturated carbocycles. The van der Waals surface area contributed by atoms with Gasteiger partial charge in [0.2, 0.25) is 5.91 Å². The van der Waals surface area contributed by atoms with Crippen molar-refractivity contribution in [3.63, 3.8) is 0 Å². The maximum absolute atomic E-state index is 12.4. The standard InChI is InChI=1S/C20H38N2O.C3H8/c1-16(2)14-18-7-11-21(15-18)10-5-6-20(23)22-12-8-19(9-13-22)17(3)4;1-3-2/h16-19H,5-15H2,1-4H3;3H2,1-2H3. The lowest BCUT2D eigenvalue weighted by atomic mass is 9.86. The largest absolute Gasteiger partial charge is 0.343 e. The monoisotopic (exact) mass is 366 g/mol. The summed E-state index contributed by atoms with van der Waals surface area (Å²) in [6.07, 6.45) is 8.16. The van der Waals surface area contributed by atoms with Crippen LogP contribution in [0.15, 0.2) is 0 Å². The normalized spacial score (nSPS) is 22.0. The van der Waals surface area contributed by atoms with Crippen molar-refractivity contribution >= 4 is 5.91 Å². The van der Waals surface area contributed by atoms with E-state index in [1.807, 2.05) is 0 Å². The summed E-state index contributed by atoms with van der Waals surface area (Å²) in [5, 5.41) is 0. The first-order valence-electron chi connectivity index (χ1n) is 11.4. The summed E-state index contributed by atoms with van der Waals surface area (Å²) < 4.78 is 0. The summed E-state index contributed by atoms with van der Waals surface area (Å²) >= 11 is 0. The Labute approximate surface area is 163 Å². The Balaban J connectivity index is 0.00000105. The van der Waals surface area contributed by atoms with E-state index in [0.29, 0.717) is 5.91 Å². The minimum atomic E-state index is 0.394. The van der Waals surface area contributed by atoms with E-state index in [1.165, 1.54) is 45.2 Å². The molecule has 2 aliphatic rings. The molecule has 154 valence electrons. The molecule has 0 spiro atoms. The molecule has 0 bridgehead atoms. The quantitative estimate of drug-likeness (QED) is 0.598. The van der Waals surface area contributed by atoms with Crippen molar-refractivity contribution in [2.45, 2.75) is 86.5 Å². The number of piperidine rings is 1. The van der Waals surface area contributed by atoms with Gasteiger partial charge < -0.3 is 9.80 Å². The van der Waals surface area contributed by atoms with Crippen molar-refractivity contribution in [2.75, 3.05) is 32.7 Å². The number of rotatable bonds is 7. The first kappa shape index (κ1) is 23.5. The van der Waals surface area contributed by atoms with E-state index in [-0.39, 0.29) is 0 Å². The molecule has 2 aliphatic heterocycles. The number of hydrogen-bond acceptors (Lipinski definition) is 2. The van der Waals surface area contributed by atoms with Gasteiger partial charge in [0.25, 0.3) is 0 Å². The maximum atomic E-state index is 12.4. The van der Waals surface area contributed by atoms with Crippen LogP contribution in [0.4, 0.5) is 0 Å². The zero-order valence-electron chi connectivity index (χ0n) is 18.6. The molecule has 0 aromatic heterocycles. The van der Waals surface area contributed by atoms with Crippen LogP contribution in [-0.4, -0.2) is 48.4 Å². The summed E-state index contributed by atoms with van der Waals surface area (Å²) in [4.78, 5) is 17.1. The van der Waals surface area contributed by atoms with Crippen LogP contribution in [-0.2, 0) is 4.79 Å². The van der Waals surface area contributed by atoms with Crippen molar-refractivity contribution in [3.8, 4) is 0 Å². The second-order valence-corrected chi connectivity index (χ2v) is 9.36. The lowest BCUT2D eigenvalue weighted by molar-refractivity contribution is -0.132. The lowest BCUT2D eigenvalue weighted by Gasteiger charge is -2.34. The molecule has 0 N–H and O–H groups in total. The average Bonchev–Trinajstić information content (AvgIpc) is 3.02. The smallest absolute Gasteiger partial charge is 0.222 e. The Morgan fingerprint density at radius 3 is 2.15 bits per heavy atom. The molecule has 2 heterocycles. The van der Waals surface area contributed by atoms with E-state index in [9.17, 15) is 4.79 Å². The molecule has 0 aromatic carbocycles. The SMILES string of the molecule is CC(C)CC1CCN(CCCC(=O)N2CCC(C(C)C)CC2)C1.CCC. The van der Waals surface area contributed by atoms with Crippen LogP contribution in [0.2, 0.25) is 0 Å². The van der Waals surface area contributed by atoms with Crippen molar-refractivity contribution in [1.29, 1.82) is 0 Å². The van der Waals surface area contributed by atoms with E-state index in [1.54, 1.807) is 0 Å². The second-order valence-electron chi connectivity index (χ2n) is 9.36. The highest BCUT2D eigenvalue weighted by molar-refractivity contribution is 5.76. The zero-order chi connectivity index (χ0) is 19.5. The fourth-order valence-corrected chi connectivity index (χ4v) is 4.40. The Morgan fingerprint density at radius 2 is 1.62 bits per heavy atom. The molecule has 2 rings (SSSR count). The van der Waals surface area contributed by atoms with Gasteiger partial charge in [0.15, 0.2) is 0 Å². The predicted molar refractivity (Wildman–Crippen MR) is 113 cm³/mol. The molecule has 0 aromatic rings. The summed E-state index contributed by atoms with van der Waals surface area (Å²) in [7, 11) is 0. The van der Waals surface area contributed by atoms with Crippen LogP contribution >= 0.6 is 0 Å². The topological polar surface area (TPSA) is 23.6 Å². The first-order valence-corrected chi connectivity index (χ1v) is 11.4. The van der Waals surface area contributed by atoms with Crippen LogP contribution < -0.4 is 0 Å². The number of likely N-dealkylation sites (tertiary alicyclic amines) is 2. The van der Waals surface area contributed by atoms with Crippen molar-refractivity contribution in [1.82, 2.24) is 9.80 Å². The van der Waals surface area contributed by atoms with Gasteiger partial charge in [0, 0.05) is 26.1 Å². The van der Waals surface area contributed by atoms with Crippen LogP contribution in [0.25, 0.3) is 0 Å². The molecule has 26 heavy (non-hydrogen) atoms. The van der Waals surface area contributed by atoms with Crippen LogP contribution in [0.1, 0.15) is 86.5 Å².